The first kappa shape index (κ1) is 21.5. The molecule has 0 bridgehead atoms. The summed E-state index contributed by atoms with van der Waals surface area (Å²) >= 11 is 1.58. The predicted octanol–water partition coefficient (Wildman–Crippen LogP) is 5.57. The van der Waals surface area contributed by atoms with Crippen LogP contribution in [0.1, 0.15) is 15.9 Å². The topological polar surface area (TPSA) is 36.4 Å². The number of hydrogen-bond donors (Lipinski definition) is 0. The zero-order chi connectivity index (χ0) is 22.6. The van der Waals surface area contributed by atoms with Gasteiger partial charge < -0.3 is 4.90 Å². The van der Waals surface area contributed by atoms with Crippen molar-refractivity contribution < 1.29 is 9.18 Å². The molecule has 1 amide bonds. The van der Waals surface area contributed by atoms with Gasteiger partial charge in [0.15, 0.2) is 0 Å². The Hall–Kier alpha value is -3.35. The monoisotopic (exact) mass is 457 g/mol. The summed E-state index contributed by atoms with van der Waals surface area (Å²) in [6.45, 7) is 3.75. The minimum Gasteiger partial charge on any atom is -0.336 e. The number of halogens is 1. The molecule has 1 aliphatic heterocycles. The van der Waals surface area contributed by atoms with E-state index < -0.39 is 0 Å². The Morgan fingerprint density at radius 2 is 1.82 bits per heavy atom. The molecule has 0 radical (unpaired) electrons. The lowest BCUT2D eigenvalue weighted by molar-refractivity contribution is 0.0652. The van der Waals surface area contributed by atoms with Gasteiger partial charge in [-0.3, -0.25) is 9.69 Å². The van der Waals surface area contributed by atoms with E-state index in [1.54, 1.807) is 17.4 Å². The summed E-state index contributed by atoms with van der Waals surface area (Å²) in [5, 5.41) is 2.55. The fourth-order valence-corrected chi connectivity index (χ4v) is 4.82. The summed E-state index contributed by atoms with van der Waals surface area (Å²) in [7, 11) is 0. The maximum absolute atomic E-state index is 14.0. The third-order valence-electron chi connectivity index (χ3n) is 5.91. The molecule has 3 heterocycles. The van der Waals surface area contributed by atoms with E-state index in [4.69, 9.17) is 0 Å². The van der Waals surface area contributed by atoms with Gasteiger partial charge in [0.2, 0.25) is 0 Å². The zero-order valence-electron chi connectivity index (χ0n) is 18.2. The molecule has 4 nitrogen and oxygen atoms in total. The highest BCUT2D eigenvalue weighted by Gasteiger charge is 2.24. The molecule has 0 unspecified atom stereocenters. The van der Waals surface area contributed by atoms with Gasteiger partial charge >= 0.3 is 0 Å². The average molecular weight is 458 g/mol. The Kier molecular flexibility index (Phi) is 6.28. The van der Waals surface area contributed by atoms with E-state index in [0.717, 1.165) is 30.2 Å². The van der Waals surface area contributed by atoms with E-state index in [9.17, 15) is 9.18 Å². The fraction of sp³-hybridized carbons (Fsp3) is 0.185. The SMILES string of the molecule is O=C(c1cc(-c2cccs2)nc2ccc(F)cc12)N1CCN(C/C=C/c2ccccc2)CC1. The lowest BCUT2D eigenvalue weighted by Crippen LogP contribution is -2.48. The zero-order valence-corrected chi connectivity index (χ0v) is 19.0. The van der Waals surface area contributed by atoms with Crippen LogP contribution in [0.5, 0.6) is 0 Å². The summed E-state index contributed by atoms with van der Waals surface area (Å²) < 4.78 is 14.0. The molecule has 1 fully saturated rings. The molecule has 0 aliphatic carbocycles. The Balaban J connectivity index is 1.32. The van der Waals surface area contributed by atoms with Crippen molar-refractivity contribution in [3.8, 4) is 10.6 Å². The molecular weight excluding hydrogens is 433 g/mol. The fourth-order valence-electron chi connectivity index (χ4n) is 4.13. The molecule has 1 saturated heterocycles. The van der Waals surface area contributed by atoms with Crippen LogP contribution in [0, 0.1) is 5.82 Å². The number of benzene rings is 2. The number of carbonyl (C=O) groups excluding carboxylic acids is 1. The van der Waals surface area contributed by atoms with E-state index >= 15 is 0 Å². The average Bonchev–Trinajstić information content (AvgIpc) is 3.39. The number of nitrogens with zero attached hydrogens (tertiary/aromatic N) is 3. The molecule has 2 aromatic heterocycles. The van der Waals surface area contributed by atoms with Crippen LogP contribution in [-0.2, 0) is 0 Å². The third-order valence-corrected chi connectivity index (χ3v) is 6.80. The Morgan fingerprint density at radius 3 is 2.58 bits per heavy atom. The highest BCUT2D eigenvalue weighted by molar-refractivity contribution is 7.13. The van der Waals surface area contributed by atoms with Crippen LogP contribution in [0.15, 0.2) is 78.2 Å². The van der Waals surface area contributed by atoms with Crippen LogP contribution in [0.4, 0.5) is 4.39 Å². The lowest BCUT2D eigenvalue weighted by atomic mass is 10.0. The van der Waals surface area contributed by atoms with Gasteiger partial charge in [0, 0.05) is 38.1 Å². The first-order valence-corrected chi connectivity index (χ1v) is 11.9. The molecule has 5 rings (SSSR count). The van der Waals surface area contributed by atoms with Crippen molar-refractivity contribution >= 4 is 34.2 Å². The normalized spacial score (nSPS) is 14.9. The quantitative estimate of drug-likeness (QED) is 0.393. The summed E-state index contributed by atoms with van der Waals surface area (Å²) in [5.74, 6) is -0.428. The van der Waals surface area contributed by atoms with E-state index in [0.29, 0.717) is 29.6 Å². The second-order valence-corrected chi connectivity index (χ2v) is 9.05. The van der Waals surface area contributed by atoms with Gasteiger partial charge in [-0.25, -0.2) is 9.37 Å². The van der Waals surface area contributed by atoms with Crippen molar-refractivity contribution in [1.29, 1.82) is 0 Å². The van der Waals surface area contributed by atoms with Gasteiger partial charge in [-0.2, -0.15) is 0 Å². The minimum atomic E-state index is -0.364. The summed E-state index contributed by atoms with van der Waals surface area (Å²) in [6.07, 6.45) is 4.29. The molecule has 0 atom stereocenters. The van der Waals surface area contributed by atoms with Crippen LogP contribution >= 0.6 is 11.3 Å². The number of hydrogen-bond acceptors (Lipinski definition) is 4. The lowest BCUT2D eigenvalue weighted by Gasteiger charge is -2.34. The molecular formula is C27H24FN3OS. The van der Waals surface area contributed by atoms with Crippen LogP contribution < -0.4 is 0 Å². The number of rotatable bonds is 5. The minimum absolute atomic E-state index is 0.0646. The summed E-state index contributed by atoms with van der Waals surface area (Å²) in [6, 6.07) is 20.5. The van der Waals surface area contributed by atoms with Crippen LogP contribution in [-0.4, -0.2) is 53.4 Å². The number of fused-ring (bicyclic) bond motifs is 1. The standard InChI is InChI=1S/C27H24FN3OS/c28-21-10-11-24-22(18-21)23(19-25(29-24)26-9-5-17-33-26)27(32)31-15-13-30(14-16-31)12-4-8-20-6-2-1-3-7-20/h1-11,17-19H,12-16H2/b8-4+. The van der Waals surface area contributed by atoms with Crippen LogP contribution in [0.2, 0.25) is 0 Å². The number of carbonyl (C=O) groups is 1. The van der Waals surface area contributed by atoms with Crippen molar-refractivity contribution in [2.45, 2.75) is 0 Å². The largest absolute Gasteiger partial charge is 0.336 e. The molecule has 0 N–H and O–H groups in total. The van der Waals surface area contributed by atoms with Gasteiger partial charge in [-0.1, -0.05) is 48.6 Å². The molecule has 4 aromatic rings. The third kappa shape index (κ3) is 4.87. The number of piperazine rings is 1. The van der Waals surface area contributed by atoms with Crippen molar-refractivity contribution in [3.63, 3.8) is 0 Å². The number of pyridine rings is 1. The molecule has 0 saturated carbocycles. The Morgan fingerprint density at radius 1 is 1.00 bits per heavy atom. The highest BCUT2D eigenvalue weighted by atomic mass is 32.1. The summed E-state index contributed by atoms with van der Waals surface area (Å²) in [4.78, 5) is 23.4. The second-order valence-electron chi connectivity index (χ2n) is 8.10. The van der Waals surface area contributed by atoms with Crippen LogP contribution in [0.3, 0.4) is 0 Å². The van der Waals surface area contributed by atoms with Crippen molar-refractivity contribution in [1.82, 2.24) is 14.8 Å². The Bertz CT molecular complexity index is 1280. The molecule has 1 aliphatic rings. The molecule has 33 heavy (non-hydrogen) atoms. The first-order valence-electron chi connectivity index (χ1n) is 11.0. The number of amides is 1. The van der Waals surface area contributed by atoms with Crippen molar-refractivity contribution in [2.75, 3.05) is 32.7 Å². The van der Waals surface area contributed by atoms with Gasteiger partial charge in [-0.15, -0.1) is 11.3 Å². The molecule has 166 valence electrons. The molecule has 2 aromatic carbocycles. The van der Waals surface area contributed by atoms with Gasteiger partial charge in [0.25, 0.3) is 5.91 Å². The highest BCUT2D eigenvalue weighted by Crippen LogP contribution is 2.29. The number of thiophene rings is 1. The van der Waals surface area contributed by atoms with Crippen molar-refractivity contribution in [2.24, 2.45) is 0 Å². The van der Waals surface area contributed by atoms with E-state index in [2.05, 4.69) is 34.2 Å². The molecule has 6 heteroatoms. The number of aromatic nitrogens is 1. The Labute approximate surface area is 196 Å². The summed E-state index contributed by atoms with van der Waals surface area (Å²) in [5.41, 5.74) is 3.08. The predicted molar refractivity (Wildman–Crippen MR) is 133 cm³/mol. The van der Waals surface area contributed by atoms with Gasteiger partial charge in [-0.05, 0) is 41.3 Å². The second kappa shape index (κ2) is 9.65. The first-order chi connectivity index (χ1) is 16.2. The van der Waals surface area contributed by atoms with Gasteiger partial charge in [0.1, 0.15) is 5.82 Å². The van der Waals surface area contributed by atoms with E-state index in [-0.39, 0.29) is 11.7 Å². The van der Waals surface area contributed by atoms with Gasteiger partial charge in [0.05, 0.1) is 21.7 Å². The van der Waals surface area contributed by atoms with Crippen LogP contribution in [0.25, 0.3) is 27.6 Å². The van der Waals surface area contributed by atoms with E-state index in [1.807, 2.05) is 46.7 Å². The molecule has 0 spiro atoms. The maximum Gasteiger partial charge on any atom is 0.254 e. The van der Waals surface area contributed by atoms with E-state index in [1.165, 1.54) is 17.7 Å². The maximum atomic E-state index is 14.0. The smallest absolute Gasteiger partial charge is 0.254 e. The van der Waals surface area contributed by atoms with Crippen molar-refractivity contribution in [3.05, 3.63) is 95.1 Å².